The Morgan fingerprint density at radius 2 is 1.90 bits per heavy atom. The molecular weight excluding hydrogens is 264 g/mol. The van der Waals surface area contributed by atoms with Gasteiger partial charge in [-0.2, -0.15) is 5.10 Å². The standard InChI is InChI=1S/C17H22N2O2/c1-12(10-19-15(4)13(2)14(3)18-19)17(20)21-11-16-8-6-5-7-9-16/h5-9,12H,10-11H2,1-4H3. The third-order valence-electron chi connectivity index (χ3n) is 3.82. The van der Waals surface area contributed by atoms with Gasteiger partial charge >= 0.3 is 5.97 Å². The first-order valence-corrected chi connectivity index (χ1v) is 7.20. The number of carbonyl (C=O) groups excluding carboxylic acids is 1. The van der Waals surface area contributed by atoms with Crippen LogP contribution in [-0.4, -0.2) is 15.7 Å². The number of carbonyl (C=O) groups is 1. The van der Waals surface area contributed by atoms with Crippen molar-refractivity contribution < 1.29 is 9.53 Å². The van der Waals surface area contributed by atoms with Crippen LogP contribution in [0.15, 0.2) is 30.3 Å². The molecule has 4 heteroatoms. The molecule has 0 saturated carbocycles. The molecule has 0 aliphatic carbocycles. The number of aromatic nitrogens is 2. The molecule has 1 aromatic heterocycles. The number of rotatable bonds is 5. The number of hydrogen-bond donors (Lipinski definition) is 0. The highest BCUT2D eigenvalue weighted by Crippen LogP contribution is 2.14. The van der Waals surface area contributed by atoms with Gasteiger partial charge in [-0.25, -0.2) is 0 Å². The van der Waals surface area contributed by atoms with Crippen LogP contribution in [0.25, 0.3) is 0 Å². The van der Waals surface area contributed by atoms with Crippen LogP contribution in [0, 0.1) is 26.7 Å². The molecule has 1 aromatic carbocycles. The smallest absolute Gasteiger partial charge is 0.310 e. The Kier molecular flexibility index (Phi) is 4.78. The van der Waals surface area contributed by atoms with E-state index in [0.717, 1.165) is 17.0 Å². The summed E-state index contributed by atoms with van der Waals surface area (Å²) in [4.78, 5) is 12.1. The zero-order valence-corrected chi connectivity index (χ0v) is 13.1. The molecular formula is C17H22N2O2. The fourth-order valence-corrected chi connectivity index (χ4v) is 2.17. The van der Waals surface area contributed by atoms with Crippen LogP contribution in [0.5, 0.6) is 0 Å². The minimum Gasteiger partial charge on any atom is -0.461 e. The number of hydrogen-bond acceptors (Lipinski definition) is 3. The highest BCUT2D eigenvalue weighted by Gasteiger charge is 2.18. The van der Waals surface area contributed by atoms with Crippen molar-refractivity contribution in [1.82, 2.24) is 9.78 Å². The summed E-state index contributed by atoms with van der Waals surface area (Å²) in [6.45, 7) is 8.80. The van der Waals surface area contributed by atoms with E-state index in [2.05, 4.69) is 5.10 Å². The molecule has 2 rings (SSSR count). The van der Waals surface area contributed by atoms with Gasteiger partial charge in [-0.15, -0.1) is 0 Å². The van der Waals surface area contributed by atoms with Gasteiger partial charge in [-0.3, -0.25) is 9.48 Å². The Balaban J connectivity index is 1.92. The molecule has 0 spiro atoms. The first-order chi connectivity index (χ1) is 9.99. The molecule has 4 nitrogen and oxygen atoms in total. The Morgan fingerprint density at radius 1 is 1.24 bits per heavy atom. The quantitative estimate of drug-likeness (QED) is 0.793. The number of nitrogens with zero attached hydrogens (tertiary/aromatic N) is 2. The summed E-state index contributed by atoms with van der Waals surface area (Å²) >= 11 is 0. The van der Waals surface area contributed by atoms with Crippen molar-refractivity contribution in [3.05, 3.63) is 52.8 Å². The van der Waals surface area contributed by atoms with Gasteiger partial charge in [0.2, 0.25) is 0 Å². The van der Waals surface area contributed by atoms with Crippen molar-refractivity contribution in [2.45, 2.75) is 40.8 Å². The third kappa shape index (κ3) is 3.72. The van der Waals surface area contributed by atoms with E-state index < -0.39 is 0 Å². The summed E-state index contributed by atoms with van der Waals surface area (Å²) in [6, 6.07) is 9.71. The van der Waals surface area contributed by atoms with Gasteiger partial charge in [0.25, 0.3) is 0 Å². The Morgan fingerprint density at radius 3 is 2.48 bits per heavy atom. The molecule has 0 aliphatic heterocycles. The summed E-state index contributed by atoms with van der Waals surface area (Å²) < 4.78 is 7.25. The molecule has 1 heterocycles. The van der Waals surface area contributed by atoms with Gasteiger partial charge in [0.05, 0.1) is 18.2 Å². The van der Waals surface area contributed by atoms with Gasteiger partial charge in [-0.1, -0.05) is 37.3 Å². The number of aryl methyl sites for hydroxylation is 1. The molecule has 1 unspecified atom stereocenters. The average molecular weight is 286 g/mol. The summed E-state index contributed by atoms with van der Waals surface area (Å²) in [5.74, 6) is -0.407. The van der Waals surface area contributed by atoms with Gasteiger partial charge in [0.1, 0.15) is 6.61 Å². The van der Waals surface area contributed by atoms with Crippen LogP contribution in [0.1, 0.15) is 29.4 Å². The van der Waals surface area contributed by atoms with Crippen molar-refractivity contribution in [2.24, 2.45) is 5.92 Å². The Labute approximate surface area is 125 Å². The summed E-state index contributed by atoms with van der Waals surface area (Å²) in [5.41, 5.74) is 4.30. The Hall–Kier alpha value is -2.10. The lowest BCUT2D eigenvalue weighted by molar-refractivity contribution is -0.149. The van der Waals surface area contributed by atoms with E-state index in [1.54, 1.807) is 0 Å². The predicted octanol–water partition coefficient (Wildman–Crippen LogP) is 3.19. The largest absolute Gasteiger partial charge is 0.461 e. The molecule has 0 amide bonds. The van der Waals surface area contributed by atoms with Crippen LogP contribution in [0.2, 0.25) is 0 Å². The molecule has 0 bridgehead atoms. The summed E-state index contributed by atoms with van der Waals surface area (Å²) in [5, 5.41) is 4.46. The predicted molar refractivity (Wildman–Crippen MR) is 81.8 cm³/mol. The fourth-order valence-electron chi connectivity index (χ4n) is 2.17. The second-order valence-electron chi connectivity index (χ2n) is 5.47. The van der Waals surface area contributed by atoms with Crippen molar-refractivity contribution in [3.63, 3.8) is 0 Å². The lowest BCUT2D eigenvalue weighted by atomic mass is 10.1. The zero-order chi connectivity index (χ0) is 15.4. The lowest BCUT2D eigenvalue weighted by Gasteiger charge is -2.13. The Bertz CT molecular complexity index is 617. The fraction of sp³-hybridized carbons (Fsp3) is 0.412. The highest BCUT2D eigenvalue weighted by molar-refractivity contribution is 5.71. The minimum absolute atomic E-state index is 0.191. The van der Waals surface area contributed by atoms with Crippen LogP contribution in [0.4, 0.5) is 0 Å². The van der Waals surface area contributed by atoms with Crippen LogP contribution in [-0.2, 0) is 22.7 Å². The first kappa shape index (κ1) is 15.3. The highest BCUT2D eigenvalue weighted by atomic mass is 16.5. The second-order valence-corrected chi connectivity index (χ2v) is 5.47. The van der Waals surface area contributed by atoms with E-state index in [-0.39, 0.29) is 11.9 Å². The van der Waals surface area contributed by atoms with E-state index >= 15 is 0 Å². The van der Waals surface area contributed by atoms with Crippen LogP contribution < -0.4 is 0 Å². The maximum atomic E-state index is 12.1. The molecule has 0 aliphatic rings. The summed E-state index contributed by atoms with van der Waals surface area (Å²) in [7, 11) is 0. The SMILES string of the molecule is Cc1nn(CC(C)C(=O)OCc2ccccc2)c(C)c1C. The van der Waals surface area contributed by atoms with E-state index in [4.69, 9.17) is 4.74 Å². The first-order valence-electron chi connectivity index (χ1n) is 7.20. The minimum atomic E-state index is -0.217. The van der Waals surface area contributed by atoms with Crippen molar-refractivity contribution in [3.8, 4) is 0 Å². The number of ether oxygens (including phenoxy) is 1. The molecule has 0 fully saturated rings. The van der Waals surface area contributed by atoms with Crippen LogP contribution >= 0.6 is 0 Å². The monoisotopic (exact) mass is 286 g/mol. The second kappa shape index (κ2) is 6.57. The van der Waals surface area contributed by atoms with Gasteiger partial charge in [-0.05, 0) is 31.9 Å². The van der Waals surface area contributed by atoms with E-state index in [1.165, 1.54) is 5.56 Å². The molecule has 21 heavy (non-hydrogen) atoms. The molecule has 2 aromatic rings. The lowest BCUT2D eigenvalue weighted by Crippen LogP contribution is -2.21. The van der Waals surface area contributed by atoms with Crippen molar-refractivity contribution in [1.29, 1.82) is 0 Å². The van der Waals surface area contributed by atoms with Crippen LogP contribution in [0.3, 0.4) is 0 Å². The van der Waals surface area contributed by atoms with Crippen molar-refractivity contribution in [2.75, 3.05) is 0 Å². The maximum absolute atomic E-state index is 12.1. The molecule has 1 atom stereocenters. The van der Waals surface area contributed by atoms with Gasteiger partial charge in [0, 0.05) is 5.69 Å². The number of benzene rings is 1. The number of esters is 1. The maximum Gasteiger partial charge on any atom is 0.310 e. The summed E-state index contributed by atoms with van der Waals surface area (Å²) in [6.07, 6.45) is 0. The zero-order valence-electron chi connectivity index (χ0n) is 13.1. The van der Waals surface area contributed by atoms with E-state index in [9.17, 15) is 4.79 Å². The normalized spacial score (nSPS) is 12.2. The third-order valence-corrected chi connectivity index (χ3v) is 3.82. The molecule has 0 saturated heterocycles. The molecule has 0 N–H and O–H groups in total. The van der Waals surface area contributed by atoms with E-state index in [0.29, 0.717) is 13.2 Å². The topological polar surface area (TPSA) is 44.1 Å². The average Bonchev–Trinajstić information content (AvgIpc) is 2.73. The van der Waals surface area contributed by atoms with Crippen molar-refractivity contribution >= 4 is 5.97 Å². The van der Waals surface area contributed by atoms with Gasteiger partial charge < -0.3 is 4.74 Å². The molecule has 112 valence electrons. The van der Waals surface area contributed by atoms with E-state index in [1.807, 2.05) is 62.7 Å². The molecule has 0 radical (unpaired) electrons. The van der Waals surface area contributed by atoms with Gasteiger partial charge in [0.15, 0.2) is 0 Å².